The zero-order chi connectivity index (χ0) is 56.9. The number of fused-ring (bicyclic) bond motifs is 4. The van der Waals surface area contributed by atoms with Crippen molar-refractivity contribution in [1.29, 1.82) is 0 Å². The molecule has 0 unspecified atom stereocenters. The number of hydrogen-bond acceptors (Lipinski definition) is 0. The predicted molar refractivity (Wildman–Crippen MR) is 358 cm³/mol. The van der Waals surface area contributed by atoms with Crippen molar-refractivity contribution >= 4 is 87.2 Å². The first-order valence-electron chi connectivity index (χ1n) is 31.8. The molecule has 0 radical (unpaired) electrons. The van der Waals surface area contributed by atoms with E-state index in [4.69, 9.17) is 0 Å². The van der Waals surface area contributed by atoms with Gasteiger partial charge in [0.1, 0.15) is 0 Å². The van der Waals surface area contributed by atoms with Crippen LogP contribution >= 0.6 is 0 Å². The minimum Gasteiger partial charge on any atom is -0.340 e. The highest BCUT2D eigenvalue weighted by Gasteiger charge is 2.19. The van der Waals surface area contributed by atoms with Crippen LogP contribution in [0, 0.1) is 47.4 Å². The zero-order valence-electron chi connectivity index (χ0n) is 49.8. The Labute approximate surface area is 496 Å². The van der Waals surface area contributed by atoms with E-state index in [-0.39, 0.29) is 0 Å². The van der Waals surface area contributed by atoms with Crippen LogP contribution in [-0.4, -0.2) is 18.3 Å². The van der Waals surface area contributed by atoms with Crippen LogP contribution < -0.4 is 0 Å². The first-order valence-corrected chi connectivity index (χ1v) is 31.8. The van der Waals surface area contributed by atoms with E-state index in [1.54, 1.807) is 0 Å². The van der Waals surface area contributed by atoms with Gasteiger partial charge >= 0.3 is 0 Å². The Morgan fingerprint density at radius 1 is 0.238 bits per heavy atom. The molecule has 0 fully saturated rings. The summed E-state index contributed by atoms with van der Waals surface area (Å²) in [6, 6.07) is 54.2. The molecule has 0 saturated carbocycles. The fourth-order valence-electron chi connectivity index (χ4n) is 13.6. The van der Waals surface area contributed by atoms with Crippen molar-refractivity contribution in [3.63, 3.8) is 0 Å². The van der Waals surface area contributed by atoms with Crippen molar-refractivity contribution in [3.05, 3.63) is 190 Å². The van der Waals surface area contributed by atoms with Crippen LogP contribution in [0.5, 0.6) is 0 Å². The van der Waals surface area contributed by atoms with Crippen LogP contribution in [0.1, 0.15) is 175 Å². The predicted octanol–water partition coefficient (Wildman–Crippen LogP) is 20.4. The van der Waals surface area contributed by atoms with E-state index in [1.165, 1.54) is 164 Å². The van der Waals surface area contributed by atoms with Gasteiger partial charge in [0.25, 0.3) is 0 Å². The number of benzene rings is 8. The lowest BCUT2D eigenvalue weighted by Crippen LogP contribution is -1.98. The molecule has 4 heteroatoms. The first kappa shape index (κ1) is 54.4. The normalized spacial score (nSPS) is 12.0. The van der Waals surface area contributed by atoms with Gasteiger partial charge in [0.05, 0.1) is 22.1 Å². The minimum absolute atomic E-state index is 0.957. The Balaban J connectivity index is 1.05. The Morgan fingerprint density at radius 3 is 0.726 bits per heavy atom. The lowest BCUT2D eigenvalue weighted by atomic mass is 10.0. The van der Waals surface area contributed by atoms with Crippen molar-refractivity contribution in [2.75, 3.05) is 0 Å². The second-order valence-corrected chi connectivity index (χ2v) is 23.6. The molecule has 12 aromatic rings. The van der Waals surface area contributed by atoms with Gasteiger partial charge in [0.15, 0.2) is 0 Å². The Morgan fingerprint density at radius 2 is 0.476 bits per heavy atom. The Hall–Kier alpha value is -8.80. The molecule has 13 rings (SSSR count). The average molecular weight is 1090 g/mol. The monoisotopic (exact) mass is 1090 g/mol. The van der Waals surface area contributed by atoms with Gasteiger partial charge in [0, 0.05) is 136 Å². The van der Waals surface area contributed by atoms with Crippen molar-refractivity contribution < 1.29 is 0 Å². The van der Waals surface area contributed by atoms with E-state index in [9.17, 15) is 0 Å². The molecule has 0 amide bonds. The summed E-state index contributed by atoms with van der Waals surface area (Å²) in [5, 5.41) is 9.58. The van der Waals surface area contributed by atoms with Gasteiger partial charge in [-0.2, -0.15) is 0 Å². The van der Waals surface area contributed by atoms with Crippen LogP contribution in [0.4, 0.5) is 0 Å². The Kier molecular flexibility index (Phi) is 15.9. The van der Waals surface area contributed by atoms with Gasteiger partial charge in [-0.05, 0) is 147 Å². The molecule has 0 aliphatic heterocycles. The summed E-state index contributed by atoms with van der Waals surface area (Å²) in [7, 11) is 0. The van der Waals surface area contributed by atoms with Crippen LogP contribution in [0.15, 0.2) is 146 Å². The highest BCUT2D eigenvalue weighted by atomic mass is 15.0. The number of rotatable bonds is 20. The van der Waals surface area contributed by atoms with E-state index in [0.717, 1.165) is 96.4 Å². The van der Waals surface area contributed by atoms with E-state index in [1.807, 2.05) is 0 Å². The quantitative estimate of drug-likeness (QED) is 0.0535. The highest BCUT2D eigenvalue weighted by molar-refractivity contribution is 6.15. The van der Waals surface area contributed by atoms with Crippen molar-refractivity contribution in [1.82, 2.24) is 18.3 Å². The smallest absolute Gasteiger partial charge is 0.0504 e. The maximum atomic E-state index is 3.83. The number of unbranched alkanes of at least 4 members (excludes halogenated alkanes) is 12. The van der Waals surface area contributed by atoms with E-state index < -0.39 is 0 Å². The molecule has 0 spiro atoms. The van der Waals surface area contributed by atoms with Gasteiger partial charge in [0.2, 0.25) is 0 Å². The number of hydrogen-bond donors (Lipinski definition) is 0. The summed E-state index contributed by atoms with van der Waals surface area (Å²) in [6.45, 7) is 13.0. The molecule has 1 aliphatic rings. The molecule has 4 nitrogen and oxygen atoms in total. The third-order valence-corrected chi connectivity index (χ3v) is 17.9. The molecule has 1 aliphatic carbocycles. The van der Waals surface area contributed by atoms with Crippen molar-refractivity contribution in [2.45, 2.75) is 157 Å². The fraction of sp³-hybridized carbons (Fsp3) is 0.300. The summed E-state index contributed by atoms with van der Waals surface area (Å²) in [6.07, 6.45) is 19.2. The maximum absolute atomic E-state index is 3.83. The third kappa shape index (κ3) is 10.4. The summed E-state index contributed by atoms with van der Waals surface area (Å²) >= 11 is 0. The summed E-state index contributed by atoms with van der Waals surface area (Å²) in [5.41, 5.74) is 18.0. The molecule has 416 valence electrons. The molecule has 8 bridgehead atoms. The molecule has 0 N–H and O–H groups in total. The van der Waals surface area contributed by atoms with E-state index in [0.29, 0.717) is 0 Å². The topological polar surface area (TPSA) is 19.7 Å². The standard InChI is InChI=1S/C80H76N4/c1-5-9-13-17-49-81-69-45-37-57-33-34-58-38-46-70-66(54-58)78-62(26-22-30-74(78)82(70)50-18-14-10-6-2)42-36-60-40-48-72-68(56-60)80-64(28-24-32-76(80)84(72)52-20-16-12-8-4)44-43-63-27-23-31-75-79(63)67-55-59(39-47-71(67)83(75)51-19-15-11-7-3)35-41-61-25-21-29-73(81)77(61)65(69)53-57/h21-32,37-40,45-48,53-56H,5-20,49-52H2,1-4H3. The molecule has 84 heavy (non-hydrogen) atoms. The first-order chi connectivity index (χ1) is 41.5. The van der Waals surface area contributed by atoms with Crippen LogP contribution in [0.3, 0.4) is 0 Å². The third-order valence-electron chi connectivity index (χ3n) is 17.9. The van der Waals surface area contributed by atoms with Crippen molar-refractivity contribution in [3.8, 4) is 47.4 Å². The lowest BCUT2D eigenvalue weighted by Gasteiger charge is -2.08. The fourth-order valence-corrected chi connectivity index (χ4v) is 13.6. The van der Waals surface area contributed by atoms with Crippen LogP contribution in [0.25, 0.3) is 87.2 Å². The van der Waals surface area contributed by atoms with Crippen molar-refractivity contribution in [2.24, 2.45) is 0 Å². The molecule has 0 saturated heterocycles. The molecule has 4 aromatic heterocycles. The maximum Gasteiger partial charge on any atom is 0.0504 e. The van der Waals surface area contributed by atoms with Gasteiger partial charge in [-0.25, -0.2) is 0 Å². The summed E-state index contributed by atoms with van der Waals surface area (Å²) < 4.78 is 10.1. The van der Waals surface area contributed by atoms with Crippen LogP contribution in [0.2, 0.25) is 0 Å². The van der Waals surface area contributed by atoms with E-state index >= 15 is 0 Å². The molecular weight excluding hydrogens is 1020 g/mol. The second-order valence-electron chi connectivity index (χ2n) is 23.6. The van der Waals surface area contributed by atoms with Crippen LogP contribution in [-0.2, 0) is 26.2 Å². The molecule has 0 atom stereocenters. The number of nitrogens with zero attached hydrogens (tertiary/aromatic N) is 4. The number of aromatic nitrogens is 4. The summed E-state index contributed by atoms with van der Waals surface area (Å²) in [4.78, 5) is 0. The SMILES string of the molecule is CCCCCCn1c2ccc3cc2c2c(cccc21)C#Cc1ccc2c(c1)c1c(cccc1n2CCCCCC)C#Cc1cccc2c1c1cc(ccc1n2CCCCCC)C#Cc1cccc2c1c1cc(ccc1n2CCCCCC)C#C3. The van der Waals surface area contributed by atoms with Gasteiger partial charge in [-0.3, -0.25) is 0 Å². The second kappa shape index (κ2) is 24.6. The lowest BCUT2D eigenvalue weighted by molar-refractivity contribution is 0.602. The molecule has 8 aromatic carbocycles. The summed E-state index contributed by atoms with van der Waals surface area (Å²) in [5.74, 6) is 30.0. The zero-order valence-corrected chi connectivity index (χ0v) is 49.8. The molecular formula is C80H76N4. The Bertz CT molecular complexity index is 4460. The largest absolute Gasteiger partial charge is 0.340 e. The van der Waals surface area contributed by atoms with Gasteiger partial charge in [-0.15, -0.1) is 0 Å². The van der Waals surface area contributed by atoms with E-state index in [2.05, 4.69) is 239 Å². The van der Waals surface area contributed by atoms with Gasteiger partial charge in [-0.1, -0.05) is 176 Å². The van der Waals surface area contributed by atoms with Gasteiger partial charge < -0.3 is 18.3 Å². The minimum atomic E-state index is 0.957. The average Bonchev–Trinajstić information content (AvgIpc) is 2.21. The number of aryl methyl sites for hydroxylation is 4. The molecule has 4 heterocycles. The highest BCUT2D eigenvalue weighted by Crippen LogP contribution is 2.38.